The molecule has 0 fully saturated rings. The largest absolute Gasteiger partial charge is 0.508 e. The van der Waals surface area contributed by atoms with Gasteiger partial charge >= 0.3 is 0 Å². The third kappa shape index (κ3) is 2.92. The fraction of sp³-hybridized carbons (Fsp3) is 0.250. The van der Waals surface area contributed by atoms with Gasteiger partial charge in [0.25, 0.3) is 0 Å². The van der Waals surface area contributed by atoms with Crippen LogP contribution >= 0.6 is 35.6 Å². The van der Waals surface area contributed by atoms with Crippen molar-refractivity contribution in [2.24, 2.45) is 5.73 Å². The van der Waals surface area contributed by atoms with E-state index < -0.39 is 0 Å². The van der Waals surface area contributed by atoms with Crippen LogP contribution in [-0.2, 0) is 0 Å². The summed E-state index contributed by atoms with van der Waals surface area (Å²) in [5.74, 6) is 0.0440. The van der Waals surface area contributed by atoms with Crippen LogP contribution in [0.25, 0.3) is 0 Å². The van der Waals surface area contributed by atoms with Crippen molar-refractivity contribution < 1.29 is 5.11 Å². The summed E-state index contributed by atoms with van der Waals surface area (Å²) in [5, 5.41) is 10.2. The quantitative estimate of drug-likeness (QED) is 0.795. The SMILES string of the molecule is C[C@H](N)c1c(O)cc(Cl)cc1Cl.Cl. The summed E-state index contributed by atoms with van der Waals surface area (Å²) in [5.41, 5.74) is 6.11. The van der Waals surface area contributed by atoms with Crippen LogP contribution in [0, 0.1) is 0 Å². The second-order valence-corrected chi connectivity index (χ2v) is 3.45. The van der Waals surface area contributed by atoms with E-state index in [0.29, 0.717) is 15.6 Å². The number of hydrogen-bond donors (Lipinski definition) is 2. The van der Waals surface area contributed by atoms with E-state index in [1.54, 1.807) is 13.0 Å². The molecule has 74 valence electrons. The van der Waals surface area contributed by atoms with E-state index in [9.17, 15) is 5.11 Å². The van der Waals surface area contributed by atoms with Crippen LogP contribution in [0.5, 0.6) is 5.75 Å². The van der Waals surface area contributed by atoms with Gasteiger partial charge in [0.1, 0.15) is 5.75 Å². The first-order valence-corrected chi connectivity index (χ1v) is 4.21. The summed E-state index contributed by atoms with van der Waals surface area (Å²) in [4.78, 5) is 0. The monoisotopic (exact) mass is 241 g/mol. The normalized spacial score (nSPS) is 12.0. The van der Waals surface area contributed by atoms with Gasteiger partial charge < -0.3 is 10.8 Å². The molecule has 2 nitrogen and oxygen atoms in total. The molecule has 0 bridgehead atoms. The number of phenols is 1. The van der Waals surface area contributed by atoms with Gasteiger partial charge in [-0.25, -0.2) is 0 Å². The molecule has 0 aliphatic carbocycles. The molecule has 5 heteroatoms. The van der Waals surface area contributed by atoms with Gasteiger partial charge in [0, 0.05) is 16.6 Å². The second-order valence-electron chi connectivity index (χ2n) is 2.61. The summed E-state index contributed by atoms with van der Waals surface area (Å²) in [6, 6.07) is 2.68. The van der Waals surface area contributed by atoms with Gasteiger partial charge in [-0.15, -0.1) is 12.4 Å². The Balaban J connectivity index is 0.00000144. The maximum atomic E-state index is 9.39. The predicted molar refractivity (Wildman–Crippen MR) is 58.0 cm³/mol. The maximum Gasteiger partial charge on any atom is 0.123 e. The minimum absolute atomic E-state index is 0. The van der Waals surface area contributed by atoms with Gasteiger partial charge in [-0.3, -0.25) is 0 Å². The van der Waals surface area contributed by atoms with Gasteiger partial charge in [-0.05, 0) is 19.1 Å². The van der Waals surface area contributed by atoms with Crippen LogP contribution < -0.4 is 5.73 Å². The molecule has 1 atom stereocenters. The Kier molecular flexibility index (Phi) is 4.86. The van der Waals surface area contributed by atoms with Crippen molar-refractivity contribution in [2.75, 3.05) is 0 Å². The van der Waals surface area contributed by atoms with Crippen molar-refractivity contribution in [1.82, 2.24) is 0 Å². The molecule has 0 unspecified atom stereocenters. The van der Waals surface area contributed by atoms with Crippen LogP contribution in [0.2, 0.25) is 10.0 Å². The van der Waals surface area contributed by atoms with E-state index in [4.69, 9.17) is 28.9 Å². The van der Waals surface area contributed by atoms with Gasteiger partial charge in [0.2, 0.25) is 0 Å². The van der Waals surface area contributed by atoms with E-state index >= 15 is 0 Å². The van der Waals surface area contributed by atoms with Crippen LogP contribution in [0.3, 0.4) is 0 Å². The highest BCUT2D eigenvalue weighted by Gasteiger charge is 2.11. The highest BCUT2D eigenvalue weighted by Crippen LogP contribution is 2.33. The van der Waals surface area contributed by atoms with Crippen LogP contribution in [0.15, 0.2) is 12.1 Å². The lowest BCUT2D eigenvalue weighted by Crippen LogP contribution is -2.05. The summed E-state index contributed by atoms with van der Waals surface area (Å²) < 4.78 is 0. The maximum absolute atomic E-state index is 9.39. The Morgan fingerprint density at radius 2 is 1.92 bits per heavy atom. The minimum atomic E-state index is -0.297. The molecule has 13 heavy (non-hydrogen) atoms. The standard InChI is InChI=1S/C8H9Cl2NO.ClH/c1-4(11)8-6(10)2-5(9)3-7(8)12;/h2-4,12H,11H2,1H3;1H/t4-;/m0./s1. The Hall–Kier alpha value is -0.150. The highest BCUT2D eigenvalue weighted by atomic mass is 35.5. The van der Waals surface area contributed by atoms with Crippen molar-refractivity contribution in [1.29, 1.82) is 0 Å². The zero-order valence-electron chi connectivity index (χ0n) is 6.92. The molecule has 0 spiro atoms. The number of aromatic hydroxyl groups is 1. The lowest BCUT2D eigenvalue weighted by molar-refractivity contribution is 0.464. The van der Waals surface area contributed by atoms with E-state index in [0.717, 1.165) is 0 Å². The zero-order valence-corrected chi connectivity index (χ0v) is 9.25. The molecule has 0 aliphatic heterocycles. The number of benzene rings is 1. The average molecular weight is 243 g/mol. The van der Waals surface area contributed by atoms with Gasteiger partial charge in [-0.2, -0.15) is 0 Å². The Morgan fingerprint density at radius 1 is 1.38 bits per heavy atom. The van der Waals surface area contributed by atoms with Crippen LogP contribution in [0.4, 0.5) is 0 Å². The highest BCUT2D eigenvalue weighted by molar-refractivity contribution is 6.35. The third-order valence-electron chi connectivity index (χ3n) is 1.53. The molecule has 0 aromatic heterocycles. The van der Waals surface area contributed by atoms with Crippen molar-refractivity contribution in [3.05, 3.63) is 27.7 Å². The first kappa shape index (κ1) is 12.8. The molecule has 1 aromatic rings. The number of rotatable bonds is 1. The lowest BCUT2D eigenvalue weighted by Gasteiger charge is -2.10. The zero-order chi connectivity index (χ0) is 9.30. The molecule has 0 radical (unpaired) electrons. The van der Waals surface area contributed by atoms with E-state index in [-0.39, 0.29) is 24.2 Å². The second kappa shape index (κ2) is 4.91. The van der Waals surface area contributed by atoms with Crippen molar-refractivity contribution in [2.45, 2.75) is 13.0 Å². The van der Waals surface area contributed by atoms with Crippen molar-refractivity contribution >= 4 is 35.6 Å². The Morgan fingerprint density at radius 3 is 2.31 bits per heavy atom. The van der Waals surface area contributed by atoms with Gasteiger partial charge in [0.15, 0.2) is 0 Å². The molecular formula is C8H10Cl3NO. The molecule has 0 aliphatic rings. The first-order valence-electron chi connectivity index (χ1n) is 3.46. The fourth-order valence-corrected chi connectivity index (χ4v) is 1.68. The summed E-state index contributed by atoms with van der Waals surface area (Å²) in [6.07, 6.45) is 0. The number of nitrogens with two attached hydrogens (primary N) is 1. The third-order valence-corrected chi connectivity index (χ3v) is 2.06. The number of halogens is 3. The summed E-state index contributed by atoms with van der Waals surface area (Å²) >= 11 is 11.4. The average Bonchev–Trinajstić information content (AvgIpc) is 1.82. The van der Waals surface area contributed by atoms with E-state index in [2.05, 4.69) is 0 Å². The van der Waals surface area contributed by atoms with Gasteiger partial charge in [0.05, 0.1) is 5.02 Å². The number of phenolic OH excluding ortho intramolecular Hbond substituents is 1. The molecule has 3 N–H and O–H groups in total. The van der Waals surface area contributed by atoms with Crippen molar-refractivity contribution in [3.63, 3.8) is 0 Å². The van der Waals surface area contributed by atoms with Crippen LogP contribution in [-0.4, -0.2) is 5.11 Å². The van der Waals surface area contributed by atoms with Gasteiger partial charge in [-0.1, -0.05) is 23.2 Å². The number of hydrogen-bond acceptors (Lipinski definition) is 2. The van der Waals surface area contributed by atoms with Crippen LogP contribution in [0.1, 0.15) is 18.5 Å². The smallest absolute Gasteiger partial charge is 0.123 e. The lowest BCUT2D eigenvalue weighted by atomic mass is 10.1. The molecule has 0 heterocycles. The Labute approximate surface area is 93.1 Å². The minimum Gasteiger partial charge on any atom is -0.508 e. The fourth-order valence-electron chi connectivity index (χ4n) is 1.02. The molecular weight excluding hydrogens is 232 g/mol. The molecule has 1 aromatic carbocycles. The first-order chi connectivity index (χ1) is 5.52. The molecule has 0 saturated heterocycles. The summed E-state index contributed by atoms with van der Waals surface area (Å²) in [7, 11) is 0. The topological polar surface area (TPSA) is 46.2 Å². The molecule has 0 amide bonds. The summed E-state index contributed by atoms with van der Waals surface area (Å²) in [6.45, 7) is 1.74. The van der Waals surface area contributed by atoms with E-state index in [1.165, 1.54) is 6.07 Å². The molecule has 1 rings (SSSR count). The Bertz CT molecular complexity index is 278. The van der Waals surface area contributed by atoms with E-state index in [1.807, 2.05) is 0 Å². The molecule has 0 saturated carbocycles. The predicted octanol–water partition coefficient (Wildman–Crippen LogP) is 3.14. The van der Waals surface area contributed by atoms with Crippen molar-refractivity contribution in [3.8, 4) is 5.75 Å².